The number of benzene rings is 1. The summed E-state index contributed by atoms with van der Waals surface area (Å²) in [6.07, 6.45) is -0.203. The Morgan fingerprint density at radius 1 is 1.50 bits per heavy atom. The van der Waals surface area contributed by atoms with Crippen molar-refractivity contribution < 1.29 is 14.6 Å². The second-order valence-corrected chi connectivity index (χ2v) is 3.47. The van der Waals surface area contributed by atoms with Crippen LogP contribution in [-0.4, -0.2) is 18.2 Å². The van der Waals surface area contributed by atoms with Gasteiger partial charge in [-0.15, -0.1) is 0 Å². The van der Waals surface area contributed by atoms with Gasteiger partial charge in [0.15, 0.2) is 0 Å². The summed E-state index contributed by atoms with van der Waals surface area (Å²) in [5.41, 5.74) is 1.77. The van der Waals surface area contributed by atoms with Crippen LogP contribution < -0.4 is 0 Å². The number of esters is 1. The van der Waals surface area contributed by atoms with Crippen molar-refractivity contribution in [2.75, 3.05) is 7.11 Å². The van der Waals surface area contributed by atoms with E-state index in [9.17, 15) is 9.90 Å². The van der Waals surface area contributed by atoms with E-state index in [2.05, 4.69) is 11.3 Å². The molecule has 0 heterocycles. The average Bonchev–Trinajstić information content (AvgIpc) is 2.35. The molecule has 0 aliphatic heterocycles. The minimum Gasteiger partial charge on any atom is -0.466 e. The predicted molar refractivity (Wildman–Crippen MR) is 61.9 cm³/mol. The van der Waals surface area contributed by atoms with Crippen molar-refractivity contribution >= 4 is 5.97 Å². The molecule has 86 valence electrons. The van der Waals surface area contributed by atoms with Crippen LogP contribution in [0, 0.1) is 0 Å². The Morgan fingerprint density at radius 2 is 2.12 bits per heavy atom. The third-order valence-electron chi connectivity index (χ3n) is 2.51. The average molecular weight is 220 g/mol. The molecule has 0 radical (unpaired) electrons. The highest BCUT2D eigenvalue weighted by molar-refractivity contribution is 5.89. The van der Waals surface area contributed by atoms with E-state index in [1.807, 2.05) is 25.1 Å². The van der Waals surface area contributed by atoms with Gasteiger partial charge in [0.1, 0.15) is 6.10 Å². The molecule has 16 heavy (non-hydrogen) atoms. The van der Waals surface area contributed by atoms with Crippen LogP contribution in [0.3, 0.4) is 0 Å². The number of methoxy groups -OCH3 is 1. The zero-order chi connectivity index (χ0) is 12.1. The molecule has 0 spiro atoms. The fourth-order valence-corrected chi connectivity index (χ4v) is 1.55. The number of hydrogen-bond donors (Lipinski definition) is 1. The van der Waals surface area contributed by atoms with Gasteiger partial charge in [-0.1, -0.05) is 37.8 Å². The summed E-state index contributed by atoms with van der Waals surface area (Å²) in [6.45, 7) is 5.55. The zero-order valence-corrected chi connectivity index (χ0v) is 9.56. The number of aryl methyl sites for hydroxylation is 1. The van der Waals surface area contributed by atoms with Crippen LogP contribution in [0.15, 0.2) is 36.4 Å². The molecule has 1 aromatic carbocycles. The molecule has 0 saturated heterocycles. The van der Waals surface area contributed by atoms with Crippen molar-refractivity contribution in [3.8, 4) is 0 Å². The SMILES string of the molecule is C=C(C(=O)OC)C(O)c1ccccc1CC. The molecule has 0 fully saturated rings. The van der Waals surface area contributed by atoms with E-state index in [4.69, 9.17) is 0 Å². The molecule has 1 rings (SSSR count). The van der Waals surface area contributed by atoms with Crippen molar-refractivity contribution in [3.63, 3.8) is 0 Å². The minimum atomic E-state index is -0.997. The molecule has 1 aromatic rings. The summed E-state index contributed by atoms with van der Waals surface area (Å²) in [5.74, 6) is -0.585. The van der Waals surface area contributed by atoms with Crippen LogP contribution in [-0.2, 0) is 16.0 Å². The molecule has 0 aromatic heterocycles. The second kappa shape index (κ2) is 5.47. The van der Waals surface area contributed by atoms with Crippen LogP contribution in [0.1, 0.15) is 24.2 Å². The Kier molecular flexibility index (Phi) is 4.26. The van der Waals surface area contributed by atoms with Crippen molar-refractivity contribution in [2.45, 2.75) is 19.4 Å². The first kappa shape index (κ1) is 12.5. The molecule has 0 bridgehead atoms. The number of rotatable bonds is 4. The normalized spacial score (nSPS) is 11.9. The summed E-state index contributed by atoms with van der Waals surface area (Å²) in [4.78, 5) is 11.2. The molecule has 3 nitrogen and oxygen atoms in total. The van der Waals surface area contributed by atoms with Gasteiger partial charge in [-0.25, -0.2) is 4.79 Å². The molecule has 0 amide bonds. The fourth-order valence-electron chi connectivity index (χ4n) is 1.55. The van der Waals surface area contributed by atoms with Crippen LogP contribution >= 0.6 is 0 Å². The van der Waals surface area contributed by atoms with Crippen LogP contribution in [0.4, 0.5) is 0 Å². The lowest BCUT2D eigenvalue weighted by atomic mass is 9.96. The van der Waals surface area contributed by atoms with E-state index in [1.54, 1.807) is 6.07 Å². The third-order valence-corrected chi connectivity index (χ3v) is 2.51. The maximum Gasteiger partial charge on any atom is 0.336 e. The molecule has 1 unspecified atom stereocenters. The van der Waals surface area contributed by atoms with Crippen molar-refractivity contribution in [1.29, 1.82) is 0 Å². The first-order valence-electron chi connectivity index (χ1n) is 5.14. The van der Waals surface area contributed by atoms with Gasteiger partial charge in [0.2, 0.25) is 0 Å². The Labute approximate surface area is 95.4 Å². The lowest BCUT2D eigenvalue weighted by Crippen LogP contribution is -2.13. The van der Waals surface area contributed by atoms with Crippen LogP contribution in [0.2, 0.25) is 0 Å². The van der Waals surface area contributed by atoms with E-state index in [1.165, 1.54) is 7.11 Å². The Balaban J connectivity index is 3.00. The molecule has 3 heteroatoms. The van der Waals surface area contributed by atoms with Gasteiger partial charge >= 0.3 is 5.97 Å². The minimum absolute atomic E-state index is 0.0587. The zero-order valence-electron chi connectivity index (χ0n) is 9.56. The van der Waals surface area contributed by atoms with Gasteiger partial charge in [0.25, 0.3) is 0 Å². The van der Waals surface area contributed by atoms with Gasteiger partial charge in [0.05, 0.1) is 12.7 Å². The van der Waals surface area contributed by atoms with Crippen LogP contribution in [0.5, 0.6) is 0 Å². The summed E-state index contributed by atoms with van der Waals surface area (Å²) >= 11 is 0. The highest BCUT2D eigenvalue weighted by Gasteiger charge is 2.20. The number of ether oxygens (including phenoxy) is 1. The number of aliphatic hydroxyl groups excluding tert-OH is 1. The maximum absolute atomic E-state index is 11.2. The summed E-state index contributed by atoms with van der Waals surface area (Å²) in [7, 11) is 1.27. The molecular weight excluding hydrogens is 204 g/mol. The first-order chi connectivity index (χ1) is 7.61. The highest BCUT2D eigenvalue weighted by atomic mass is 16.5. The smallest absolute Gasteiger partial charge is 0.336 e. The molecule has 0 aliphatic rings. The molecule has 0 saturated carbocycles. The van der Waals surface area contributed by atoms with Gasteiger partial charge < -0.3 is 9.84 Å². The van der Waals surface area contributed by atoms with Gasteiger partial charge in [-0.05, 0) is 17.5 Å². The summed E-state index contributed by atoms with van der Waals surface area (Å²) < 4.78 is 4.53. The first-order valence-corrected chi connectivity index (χ1v) is 5.14. The van der Waals surface area contributed by atoms with E-state index < -0.39 is 12.1 Å². The molecule has 1 N–H and O–H groups in total. The largest absolute Gasteiger partial charge is 0.466 e. The van der Waals surface area contributed by atoms with E-state index >= 15 is 0 Å². The lowest BCUT2D eigenvalue weighted by Gasteiger charge is -2.15. The van der Waals surface area contributed by atoms with E-state index in [0.717, 1.165) is 12.0 Å². The standard InChI is InChI=1S/C13H16O3/c1-4-10-7-5-6-8-11(10)12(14)9(2)13(15)16-3/h5-8,12,14H,2,4H2,1,3H3. The van der Waals surface area contributed by atoms with E-state index in [0.29, 0.717) is 5.56 Å². The van der Waals surface area contributed by atoms with E-state index in [-0.39, 0.29) is 5.57 Å². The second-order valence-electron chi connectivity index (χ2n) is 3.47. The van der Waals surface area contributed by atoms with Crippen LogP contribution in [0.25, 0.3) is 0 Å². The maximum atomic E-state index is 11.2. The van der Waals surface area contributed by atoms with Crippen molar-refractivity contribution in [1.82, 2.24) is 0 Å². The fraction of sp³-hybridized carbons (Fsp3) is 0.308. The van der Waals surface area contributed by atoms with Gasteiger partial charge in [0, 0.05) is 0 Å². The quantitative estimate of drug-likeness (QED) is 0.623. The van der Waals surface area contributed by atoms with Gasteiger partial charge in [-0.2, -0.15) is 0 Å². The number of aliphatic hydroxyl groups is 1. The van der Waals surface area contributed by atoms with Gasteiger partial charge in [-0.3, -0.25) is 0 Å². The topological polar surface area (TPSA) is 46.5 Å². The Hall–Kier alpha value is -1.61. The number of hydrogen-bond acceptors (Lipinski definition) is 3. The molecular formula is C13H16O3. The predicted octanol–water partition coefficient (Wildman–Crippen LogP) is 2.01. The number of carbonyl (C=O) groups excluding carboxylic acids is 1. The Morgan fingerprint density at radius 3 is 2.69 bits per heavy atom. The summed E-state index contributed by atoms with van der Waals surface area (Å²) in [6, 6.07) is 7.43. The third kappa shape index (κ3) is 2.49. The number of carbonyl (C=O) groups is 1. The monoisotopic (exact) mass is 220 g/mol. The molecule has 1 atom stereocenters. The summed E-state index contributed by atoms with van der Waals surface area (Å²) in [5, 5.41) is 10.0. The highest BCUT2D eigenvalue weighted by Crippen LogP contribution is 2.24. The van der Waals surface area contributed by atoms with Crippen molar-refractivity contribution in [3.05, 3.63) is 47.5 Å². The lowest BCUT2D eigenvalue weighted by molar-refractivity contribution is -0.137. The molecule has 0 aliphatic carbocycles. The Bertz CT molecular complexity index is 396. The van der Waals surface area contributed by atoms with Crippen molar-refractivity contribution in [2.24, 2.45) is 0 Å².